The minimum absolute atomic E-state index is 0.00809. The molecule has 0 aromatic heterocycles. The summed E-state index contributed by atoms with van der Waals surface area (Å²) in [6.07, 6.45) is 0. The topological polar surface area (TPSA) is 17.1 Å². The zero-order valence-corrected chi connectivity index (χ0v) is 10.9. The molecule has 0 aliphatic carbocycles. The van der Waals surface area contributed by atoms with Crippen molar-refractivity contribution in [2.24, 2.45) is 0 Å². The second-order valence-electron chi connectivity index (χ2n) is 3.61. The van der Waals surface area contributed by atoms with Gasteiger partial charge in [0.2, 0.25) is 0 Å². The Hall–Kier alpha value is -1.25. The van der Waals surface area contributed by atoms with Crippen LogP contribution in [0.1, 0.15) is 17.3 Å². The highest BCUT2D eigenvalue weighted by Crippen LogP contribution is 2.30. The number of carbonyl (C=O) groups is 1. The summed E-state index contributed by atoms with van der Waals surface area (Å²) in [7, 11) is 0. The third-order valence-corrected chi connectivity index (χ3v) is 3.61. The first-order valence-electron chi connectivity index (χ1n) is 5.20. The molecule has 0 amide bonds. The van der Waals surface area contributed by atoms with Crippen molar-refractivity contribution in [3.63, 3.8) is 0 Å². The molecule has 0 heterocycles. The lowest BCUT2D eigenvalue weighted by Crippen LogP contribution is -1.92. The maximum absolute atomic E-state index is 11.2. The minimum Gasteiger partial charge on any atom is -0.294 e. The summed E-state index contributed by atoms with van der Waals surface area (Å²) in [5.41, 5.74) is 0.573. The molecular weight excluding hydrogens is 252 g/mol. The van der Waals surface area contributed by atoms with Crippen molar-refractivity contribution in [1.29, 1.82) is 0 Å². The van der Waals surface area contributed by atoms with Gasteiger partial charge in [0.15, 0.2) is 5.78 Å². The van der Waals surface area contributed by atoms with Gasteiger partial charge >= 0.3 is 0 Å². The minimum atomic E-state index is -0.00809. The van der Waals surface area contributed by atoms with Gasteiger partial charge in [-0.2, -0.15) is 0 Å². The van der Waals surface area contributed by atoms with E-state index < -0.39 is 0 Å². The van der Waals surface area contributed by atoms with E-state index in [1.54, 1.807) is 17.8 Å². The van der Waals surface area contributed by atoms with Crippen LogP contribution in [0.5, 0.6) is 0 Å². The van der Waals surface area contributed by atoms with Gasteiger partial charge in [0.05, 0.1) is 5.02 Å². The lowest BCUT2D eigenvalue weighted by Gasteiger charge is -2.04. The highest BCUT2D eigenvalue weighted by atomic mass is 35.5. The van der Waals surface area contributed by atoms with E-state index in [2.05, 4.69) is 0 Å². The second-order valence-corrected chi connectivity index (χ2v) is 5.17. The Morgan fingerprint density at radius 3 is 2.35 bits per heavy atom. The van der Waals surface area contributed by atoms with E-state index in [1.807, 2.05) is 42.5 Å². The van der Waals surface area contributed by atoms with Crippen LogP contribution in [-0.4, -0.2) is 5.78 Å². The monoisotopic (exact) mass is 262 g/mol. The lowest BCUT2D eigenvalue weighted by molar-refractivity contribution is 0.101. The van der Waals surface area contributed by atoms with Gasteiger partial charge in [-0.1, -0.05) is 41.6 Å². The first kappa shape index (κ1) is 12.2. The van der Waals surface area contributed by atoms with Crippen LogP contribution in [0.3, 0.4) is 0 Å². The molecule has 0 saturated carbocycles. The van der Waals surface area contributed by atoms with Gasteiger partial charge in [-0.25, -0.2) is 0 Å². The molecule has 0 fully saturated rings. The molecule has 2 aromatic rings. The molecule has 0 unspecified atom stereocenters. The molecular formula is C14H11ClOS. The Balaban J connectivity index is 2.24. The van der Waals surface area contributed by atoms with Crippen molar-refractivity contribution in [1.82, 2.24) is 0 Å². The van der Waals surface area contributed by atoms with Crippen molar-refractivity contribution in [2.45, 2.75) is 16.7 Å². The smallest absolute Gasteiger partial charge is 0.161 e. The summed E-state index contributed by atoms with van der Waals surface area (Å²) >= 11 is 7.68. The van der Waals surface area contributed by atoms with E-state index in [4.69, 9.17) is 11.6 Å². The summed E-state index contributed by atoms with van der Waals surface area (Å²) < 4.78 is 0. The Morgan fingerprint density at radius 2 is 1.76 bits per heavy atom. The second kappa shape index (κ2) is 5.39. The average molecular weight is 263 g/mol. The van der Waals surface area contributed by atoms with E-state index in [0.29, 0.717) is 10.6 Å². The Bertz CT molecular complexity index is 537. The normalized spacial score (nSPS) is 10.2. The summed E-state index contributed by atoms with van der Waals surface area (Å²) in [5.74, 6) is -0.00809. The van der Waals surface area contributed by atoms with Gasteiger partial charge in [-0.15, -0.1) is 0 Å². The standard InChI is InChI=1S/C14H11ClOS/c1-10(16)13-8-7-12(9-14(13)15)17-11-5-3-2-4-6-11/h2-9H,1H3. The molecule has 17 heavy (non-hydrogen) atoms. The highest BCUT2D eigenvalue weighted by Gasteiger charge is 2.06. The van der Waals surface area contributed by atoms with Crippen molar-refractivity contribution < 1.29 is 4.79 Å². The zero-order chi connectivity index (χ0) is 12.3. The van der Waals surface area contributed by atoms with E-state index >= 15 is 0 Å². The molecule has 0 atom stereocenters. The van der Waals surface area contributed by atoms with Gasteiger partial charge in [-0.05, 0) is 37.3 Å². The molecule has 0 bridgehead atoms. The number of benzene rings is 2. The summed E-state index contributed by atoms with van der Waals surface area (Å²) in [4.78, 5) is 13.4. The molecule has 86 valence electrons. The summed E-state index contributed by atoms with van der Waals surface area (Å²) in [6.45, 7) is 1.52. The molecule has 0 aliphatic heterocycles. The Labute approximate surface area is 110 Å². The van der Waals surface area contributed by atoms with E-state index in [9.17, 15) is 4.79 Å². The van der Waals surface area contributed by atoms with E-state index in [-0.39, 0.29) is 5.78 Å². The van der Waals surface area contributed by atoms with Crippen molar-refractivity contribution >= 4 is 29.1 Å². The lowest BCUT2D eigenvalue weighted by atomic mass is 10.1. The van der Waals surface area contributed by atoms with Crippen LogP contribution in [0.15, 0.2) is 58.3 Å². The van der Waals surface area contributed by atoms with E-state index in [0.717, 1.165) is 9.79 Å². The number of halogens is 1. The maximum Gasteiger partial charge on any atom is 0.161 e. The number of hydrogen-bond donors (Lipinski definition) is 0. The fraction of sp³-hybridized carbons (Fsp3) is 0.0714. The van der Waals surface area contributed by atoms with Gasteiger partial charge in [0.25, 0.3) is 0 Å². The van der Waals surface area contributed by atoms with Gasteiger partial charge in [-0.3, -0.25) is 4.79 Å². The SMILES string of the molecule is CC(=O)c1ccc(Sc2ccccc2)cc1Cl. The van der Waals surface area contributed by atoms with Crippen molar-refractivity contribution in [3.05, 3.63) is 59.1 Å². The number of carbonyl (C=O) groups excluding carboxylic acids is 1. The first-order chi connectivity index (χ1) is 8.16. The number of rotatable bonds is 3. The Morgan fingerprint density at radius 1 is 1.06 bits per heavy atom. The van der Waals surface area contributed by atoms with Crippen LogP contribution in [0.2, 0.25) is 5.02 Å². The van der Waals surface area contributed by atoms with Crippen molar-refractivity contribution in [2.75, 3.05) is 0 Å². The zero-order valence-electron chi connectivity index (χ0n) is 9.31. The quantitative estimate of drug-likeness (QED) is 0.746. The van der Waals surface area contributed by atoms with Crippen LogP contribution in [0.25, 0.3) is 0 Å². The van der Waals surface area contributed by atoms with Crippen LogP contribution < -0.4 is 0 Å². The van der Waals surface area contributed by atoms with Gasteiger partial charge in [0.1, 0.15) is 0 Å². The maximum atomic E-state index is 11.2. The number of ketones is 1. The number of Topliss-reactive ketones (excluding diaryl/α,β-unsaturated/α-hetero) is 1. The highest BCUT2D eigenvalue weighted by molar-refractivity contribution is 7.99. The van der Waals surface area contributed by atoms with Crippen molar-refractivity contribution in [3.8, 4) is 0 Å². The van der Waals surface area contributed by atoms with Crippen LogP contribution in [-0.2, 0) is 0 Å². The predicted molar refractivity (Wildman–Crippen MR) is 72.0 cm³/mol. The molecule has 0 N–H and O–H groups in total. The molecule has 2 rings (SSSR count). The third kappa shape index (κ3) is 3.11. The predicted octanol–water partition coefficient (Wildman–Crippen LogP) is 4.69. The fourth-order valence-corrected chi connectivity index (χ4v) is 2.73. The molecule has 0 radical (unpaired) electrons. The fourth-order valence-electron chi connectivity index (χ4n) is 1.47. The third-order valence-electron chi connectivity index (χ3n) is 2.30. The van der Waals surface area contributed by atoms with Crippen LogP contribution in [0.4, 0.5) is 0 Å². The summed E-state index contributed by atoms with van der Waals surface area (Å²) in [6, 6.07) is 15.6. The first-order valence-corrected chi connectivity index (χ1v) is 6.39. The van der Waals surface area contributed by atoms with Crippen LogP contribution in [0, 0.1) is 0 Å². The summed E-state index contributed by atoms with van der Waals surface area (Å²) in [5, 5.41) is 0.512. The van der Waals surface area contributed by atoms with Crippen LogP contribution >= 0.6 is 23.4 Å². The largest absolute Gasteiger partial charge is 0.294 e. The molecule has 3 heteroatoms. The van der Waals surface area contributed by atoms with E-state index in [1.165, 1.54) is 6.92 Å². The number of hydrogen-bond acceptors (Lipinski definition) is 2. The molecule has 0 saturated heterocycles. The van der Waals surface area contributed by atoms with Gasteiger partial charge in [0, 0.05) is 15.4 Å². The molecule has 0 aliphatic rings. The molecule has 1 nitrogen and oxygen atoms in total. The molecule has 0 spiro atoms. The Kier molecular flexibility index (Phi) is 3.87. The molecule has 2 aromatic carbocycles. The van der Waals surface area contributed by atoms with Gasteiger partial charge < -0.3 is 0 Å². The average Bonchev–Trinajstić information content (AvgIpc) is 2.30.